The van der Waals surface area contributed by atoms with Gasteiger partial charge in [-0.15, -0.1) is 0 Å². The predicted octanol–water partition coefficient (Wildman–Crippen LogP) is 4.10. The van der Waals surface area contributed by atoms with Gasteiger partial charge in [-0.05, 0) is 37.6 Å². The van der Waals surface area contributed by atoms with Gasteiger partial charge >= 0.3 is 0 Å². The number of hydrogen-bond acceptors (Lipinski definition) is 2. The van der Waals surface area contributed by atoms with Crippen molar-refractivity contribution in [2.75, 3.05) is 12.8 Å². The average molecular weight is 251 g/mol. The highest BCUT2D eigenvalue weighted by Gasteiger charge is 2.16. The highest BCUT2D eigenvalue weighted by atomic mass is 32.2. The zero-order valence-electron chi connectivity index (χ0n) is 11.9. The minimum atomic E-state index is 0.328. The second-order valence-electron chi connectivity index (χ2n) is 5.61. The summed E-state index contributed by atoms with van der Waals surface area (Å²) in [5.41, 5.74) is 4.14. The molecule has 0 radical (unpaired) electrons. The Balaban J connectivity index is 2.76. The molecule has 1 aromatic rings. The molecule has 0 saturated heterocycles. The third-order valence-electron chi connectivity index (χ3n) is 2.96. The smallest absolute Gasteiger partial charge is 0.0409 e. The average Bonchev–Trinajstić information content (AvgIpc) is 2.22. The van der Waals surface area contributed by atoms with Gasteiger partial charge in [-0.25, -0.2) is 0 Å². The maximum Gasteiger partial charge on any atom is 0.0409 e. The van der Waals surface area contributed by atoms with Gasteiger partial charge in [0.2, 0.25) is 0 Å². The standard InChI is InChI=1S/C15H25NS/c1-11-7-8-13(9-12(11)2)14(16-6)10-17-15(3,4)5/h7-9,14,16H,10H2,1-6H3. The molecule has 1 nitrogen and oxygen atoms in total. The van der Waals surface area contributed by atoms with Crippen LogP contribution in [0.3, 0.4) is 0 Å². The number of nitrogens with one attached hydrogen (secondary N) is 1. The van der Waals surface area contributed by atoms with Crippen LogP contribution in [0.5, 0.6) is 0 Å². The van der Waals surface area contributed by atoms with E-state index in [2.05, 4.69) is 58.1 Å². The number of aryl methyl sites for hydroxylation is 2. The van der Waals surface area contributed by atoms with E-state index in [4.69, 9.17) is 0 Å². The fraction of sp³-hybridized carbons (Fsp3) is 0.600. The molecule has 1 aromatic carbocycles. The van der Waals surface area contributed by atoms with Crippen LogP contribution in [0.2, 0.25) is 0 Å². The normalized spacial score (nSPS) is 13.8. The second-order valence-corrected chi connectivity index (χ2v) is 7.46. The molecule has 0 aromatic heterocycles. The van der Waals surface area contributed by atoms with E-state index in [-0.39, 0.29) is 0 Å². The zero-order valence-corrected chi connectivity index (χ0v) is 12.7. The molecule has 1 atom stereocenters. The van der Waals surface area contributed by atoms with Crippen LogP contribution in [0.25, 0.3) is 0 Å². The Hall–Kier alpha value is -0.470. The second kappa shape index (κ2) is 5.92. The molecule has 0 heterocycles. The number of hydrogen-bond donors (Lipinski definition) is 1. The van der Waals surface area contributed by atoms with Crippen molar-refractivity contribution in [2.24, 2.45) is 0 Å². The minimum absolute atomic E-state index is 0.328. The highest BCUT2D eigenvalue weighted by Crippen LogP contribution is 2.28. The third-order valence-corrected chi connectivity index (χ3v) is 4.33. The van der Waals surface area contributed by atoms with E-state index in [0.29, 0.717) is 10.8 Å². The maximum absolute atomic E-state index is 3.42. The lowest BCUT2D eigenvalue weighted by Gasteiger charge is -2.23. The first kappa shape index (κ1) is 14.6. The van der Waals surface area contributed by atoms with Crippen molar-refractivity contribution in [3.05, 3.63) is 34.9 Å². The van der Waals surface area contributed by atoms with Crippen molar-refractivity contribution in [2.45, 2.75) is 45.4 Å². The highest BCUT2D eigenvalue weighted by molar-refractivity contribution is 8.00. The Morgan fingerprint density at radius 1 is 1.18 bits per heavy atom. The molecule has 0 aliphatic rings. The van der Waals surface area contributed by atoms with Crippen LogP contribution >= 0.6 is 11.8 Å². The lowest BCUT2D eigenvalue weighted by molar-refractivity contribution is 0.656. The molecule has 96 valence electrons. The molecule has 17 heavy (non-hydrogen) atoms. The van der Waals surface area contributed by atoms with Crippen LogP contribution in [0.15, 0.2) is 18.2 Å². The molecule has 0 amide bonds. The molecule has 1 unspecified atom stereocenters. The summed E-state index contributed by atoms with van der Waals surface area (Å²) in [5, 5.41) is 3.42. The Bertz CT molecular complexity index is 366. The van der Waals surface area contributed by atoms with Gasteiger partial charge in [0.25, 0.3) is 0 Å². The minimum Gasteiger partial charge on any atom is -0.312 e. The van der Waals surface area contributed by atoms with Crippen molar-refractivity contribution < 1.29 is 0 Å². The molecule has 0 bridgehead atoms. The molecular formula is C15H25NS. The molecule has 0 aliphatic heterocycles. The Morgan fingerprint density at radius 3 is 2.29 bits per heavy atom. The van der Waals surface area contributed by atoms with Gasteiger partial charge in [0.05, 0.1) is 0 Å². The van der Waals surface area contributed by atoms with Crippen LogP contribution in [-0.4, -0.2) is 17.5 Å². The quantitative estimate of drug-likeness (QED) is 0.865. The first-order chi connectivity index (χ1) is 7.83. The van der Waals surface area contributed by atoms with Crippen LogP contribution in [0.4, 0.5) is 0 Å². The summed E-state index contributed by atoms with van der Waals surface area (Å²) in [6, 6.07) is 7.21. The molecule has 0 saturated carbocycles. The van der Waals surface area contributed by atoms with Gasteiger partial charge in [0, 0.05) is 16.5 Å². The first-order valence-electron chi connectivity index (χ1n) is 6.22. The molecular weight excluding hydrogens is 226 g/mol. The van der Waals surface area contributed by atoms with Crippen molar-refractivity contribution in [1.82, 2.24) is 5.32 Å². The van der Waals surface area contributed by atoms with Crippen molar-refractivity contribution >= 4 is 11.8 Å². The summed E-state index contributed by atoms with van der Waals surface area (Å²) in [4.78, 5) is 0. The van der Waals surface area contributed by atoms with Crippen LogP contribution in [0.1, 0.15) is 43.5 Å². The summed E-state index contributed by atoms with van der Waals surface area (Å²) in [5.74, 6) is 1.11. The summed E-state index contributed by atoms with van der Waals surface area (Å²) in [6.45, 7) is 11.2. The summed E-state index contributed by atoms with van der Waals surface area (Å²) < 4.78 is 0.328. The van der Waals surface area contributed by atoms with Crippen molar-refractivity contribution in [1.29, 1.82) is 0 Å². The van der Waals surface area contributed by atoms with E-state index in [1.54, 1.807) is 0 Å². The Morgan fingerprint density at radius 2 is 1.82 bits per heavy atom. The van der Waals surface area contributed by atoms with E-state index in [1.165, 1.54) is 16.7 Å². The van der Waals surface area contributed by atoms with Gasteiger partial charge < -0.3 is 5.32 Å². The maximum atomic E-state index is 3.42. The molecule has 0 spiro atoms. The van der Waals surface area contributed by atoms with Crippen LogP contribution in [-0.2, 0) is 0 Å². The van der Waals surface area contributed by atoms with E-state index < -0.39 is 0 Å². The molecule has 1 rings (SSSR count). The zero-order chi connectivity index (χ0) is 13.1. The summed E-state index contributed by atoms with van der Waals surface area (Å²) in [6.07, 6.45) is 0. The van der Waals surface area contributed by atoms with Crippen molar-refractivity contribution in [3.63, 3.8) is 0 Å². The fourth-order valence-corrected chi connectivity index (χ4v) is 2.69. The van der Waals surface area contributed by atoms with E-state index >= 15 is 0 Å². The number of thioether (sulfide) groups is 1. The molecule has 2 heteroatoms. The number of rotatable bonds is 4. The van der Waals surface area contributed by atoms with Gasteiger partial charge in [0.15, 0.2) is 0 Å². The lowest BCUT2D eigenvalue weighted by atomic mass is 10.0. The predicted molar refractivity (Wildman–Crippen MR) is 79.9 cm³/mol. The van der Waals surface area contributed by atoms with E-state index in [0.717, 1.165) is 5.75 Å². The largest absolute Gasteiger partial charge is 0.312 e. The Labute approximate surface area is 110 Å². The monoisotopic (exact) mass is 251 g/mol. The SMILES string of the molecule is CNC(CSC(C)(C)C)c1ccc(C)c(C)c1. The first-order valence-corrected chi connectivity index (χ1v) is 7.20. The third kappa shape index (κ3) is 4.72. The lowest BCUT2D eigenvalue weighted by Crippen LogP contribution is -2.21. The summed E-state index contributed by atoms with van der Waals surface area (Å²) >= 11 is 2.01. The van der Waals surface area contributed by atoms with E-state index in [9.17, 15) is 0 Å². The van der Waals surface area contributed by atoms with Gasteiger partial charge in [-0.1, -0.05) is 39.0 Å². The van der Waals surface area contributed by atoms with Crippen LogP contribution < -0.4 is 5.32 Å². The Kier molecular flexibility index (Phi) is 5.08. The van der Waals surface area contributed by atoms with Gasteiger partial charge in [0.1, 0.15) is 0 Å². The topological polar surface area (TPSA) is 12.0 Å². The van der Waals surface area contributed by atoms with Crippen LogP contribution in [0, 0.1) is 13.8 Å². The molecule has 0 fully saturated rings. The summed E-state index contributed by atoms with van der Waals surface area (Å²) in [7, 11) is 2.04. The van der Waals surface area contributed by atoms with Gasteiger partial charge in [-0.2, -0.15) is 11.8 Å². The number of benzene rings is 1. The molecule has 0 aliphatic carbocycles. The fourth-order valence-electron chi connectivity index (χ4n) is 1.66. The van der Waals surface area contributed by atoms with E-state index in [1.807, 2.05) is 18.8 Å². The van der Waals surface area contributed by atoms with Crippen molar-refractivity contribution in [3.8, 4) is 0 Å². The molecule has 1 N–H and O–H groups in total. The van der Waals surface area contributed by atoms with Gasteiger partial charge in [-0.3, -0.25) is 0 Å².